The maximum Gasteiger partial charge on any atom is 0.229 e. The van der Waals surface area contributed by atoms with Gasteiger partial charge in [0.1, 0.15) is 5.52 Å². The summed E-state index contributed by atoms with van der Waals surface area (Å²) in [6.45, 7) is 0. The number of hydrogen-bond donors (Lipinski definition) is 1. The summed E-state index contributed by atoms with van der Waals surface area (Å²) in [5.74, 6) is 0.440. The normalized spacial score (nSPS) is 11.1. The molecular formula is C13H7Cl2IN2O. The van der Waals surface area contributed by atoms with Crippen LogP contribution in [0, 0.1) is 3.57 Å². The van der Waals surface area contributed by atoms with Crippen molar-refractivity contribution < 1.29 is 4.42 Å². The van der Waals surface area contributed by atoms with E-state index in [0.29, 0.717) is 32.7 Å². The molecule has 96 valence electrons. The van der Waals surface area contributed by atoms with Crippen LogP contribution in [0.3, 0.4) is 0 Å². The fourth-order valence-corrected chi connectivity index (χ4v) is 2.80. The molecule has 0 fully saturated rings. The third kappa shape index (κ3) is 2.40. The molecule has 1 aromatic heterocycles. The summed E-state index contributed by atoms with van der Waals surface area (Å²) in [5, 5.41) is 0.957. The van der Waals surface area contributed by atoms with Crippen LogP contribution in [-0.2, 0) is 0 Å². The summed E-state index contributed by atoms with van der Waals surface area (Å²) < 4.78 is 6.74. The van der Waals surface area contributed by atoms with Gasteiger partial charge in [0.25, 0.3) is 0 Å². The molecule has 2 aromatic carbocycles. The number of nitrogens with two attached hydrogens (primary N) is 1. The summed E-state index contributed by atoms with van der Waals surface area (Å²) in [6.07, 6.45) is 0. The zero-order chi connectivity index (χ0) is 13.6. The molecule has 0 spiro atoms. The molecule has 0 amide bonds. The lowest BCUT2D eigenvalue weighted by Crippen LogP contribution is -1.90. The zero-order valence-corrected chi connectivity index (χ0v) is 13.1. The molecule has 3 aromatic rings. The van der Waals surface area contributed by atoms with Gasteiger partial charge >= 0.3 is 0 Å². The van der Waals surface area contributed by atoms with Crippen molar-refractivity contribution in [1.29, 1.82) is 0 Å². The molecule has 6 heteroatoms. The molecule has 0 bridgehead atoms. The fourth-order valence-electron chi connectivity index (χ4n) is 1.79. The second-order valence-electron chi connectivity index (χ2n) is 3.99. The lowest BCUT2D eigenvalue weighted by Gasteiger charge is -2.01. The van der Waals surface area contributed by atoms with E-state index in [-0.39, 0.29) is 0 Å². The Balaban J connectivity index is 2.26. The minimum atomic E-state index is 0.436. The van der Waals surface area contributed by atoms with Crippen LogP contribution >= 0.6 is 45.8 Å². The van der Waals surface area contributed by atoms with Crippen molar-refractivity contribution in [1.82, 2.24) is 4.98 Å². The van der Waals surface area contributed by atoms with E-state index in [1.54, 1.807) is 12.1 Å². The van der Waals surface area contributed by atoms with Crippen molar-refractivity contribution in [2.75, 3.05) is 5.73 Å². The van der Waals surface area contributed by atoms with Crippen LogP contribution in [0.15, 0.2) is 34.7 Å². The molecule has 0 atom stereocenters. The molecule has 0 radical (unpaired) electrons. The Hall–Kier alpha value is -0.980. The SMILES string of the molecule is Nc1ccc(I)cc1-c1nc2cc(Cl)cc(Cl)c2o1. The maximum absolute atomic E-state index is 6.08. The van der Waals surface area contributed by atoms with Gasteiger partial charge in [-0.25, -0.2) is 4.98 Å². The predicted molar refractivity (Wildman–Crippen MR) is 86.6 cm³/mol. The van der Waals surface area contributed by atoms with Crippen molar-refractivity contribution >= 4 is 62.6 Å². The second-order valence-corrected chi connectivity index (χ2v) is 6.08. The Bertz CT molecular complexity index is 786. The topological polar surface area (TPSA) is 52.0 Å². The predicted octanol–water partition coefficient (Wildman–Crippen LogP) is 4.99. The van der Waals surface area contributed by atoms with E-state index in [1.165, 1.54) is 0 Å². The summed E-state index contributed by atoms with van der Waals surface area (Å²) in [4.78, 5) is 4.39. The first-order chi connectivity index (χ1) is 9.04. The first-order valence-electron chi connectivity index (χ1n) is 5.35. The van der Waals surface area contributed by atoms with Crippen LogP contribution in [-0.4, -0.2) is 4.98 Å². The number of hydrogen-bond acceptors (Lipinski definition) is 3. The van der Waals surface area contributed by atoms with Crippen LogP contribution in [0.5, 0.6) is 0 Å². The zero-order valence-electron chi connectivity index (χ0n) is 9.45. The van der Waals surface area contributed by atoms with Crippen LogP contribution in [0.4, 0.5) is 5.69 Å². The number of nitrogens with zero attached hydrogens (tertiary/aromatic N) is 1. The molecule has 1 heterocycles. The first kappa shape index (κ1) is 13.0. The van der Waals surface area contributed by atoms with E-state index >= 15 is 0 Å². The van der Waals surface area contributed by atoms with Gasteiger partial charge in [-0.15, -0.1) is 0 Å². The molecule has 0 saturated carbocycles. The molecule has 0 unspecified atom stereocenters. The molecule has 3 nitrogen and oxygen atoms in total. The number of halogens is 3. The number of fused-ring (bicyclic) bond motifs is 1. The highest BCUT2D eigenvalue weighted by Gasteiger charge is 2.14. The van der Waals surface area contributed by atoms with E-state index in [2.05, 4.69) is 27.6 Å². The molecule has 3 rings (SSSR count). The minimum Gasteiger partial charge on any atom is -0.434 e. The van der Waals surface area contributed by atoms with Gasteiger partial charge in [0, 0.05) is 14.3 Å². The quantitative estimate of drug-likeness (QED) is 0.459. The van der Waals surface area contributed by atoms with Crippen LogP contribution in [0.2, 0.25) is 10.0 Å². The maximum atomic E-state index is 6.08. The third-order valence-corrected chi connectivity index (χ3v) is 3.83. The number of aromatic nitrogens is 1. The monoisotopic (exact) mass is 404 g/mol. The fraction of sp³-hybridized carbons (Fsp3) is 0. The van der Waals surface area contributed by atoms with Crippen molar-refractivity contribution in [3.05, 3.63) is 43.9 Å². The van der Waals surface area contributed by atoms with E-state index in [9.17, 15) is 0 Å². The van der Waals surface area contributed by atoms with Gasteiger partial charge in [-0.1, -0.05) is 23.2 Å². The highest BCUT2D eigenvalue weighted by molar-refractivity contribution is 14.1. The lowest BCUT2D eigenvalue weighted by molar-refractivity contribution is 0.620. The van der Waals surface area contributed by atoms with E-state index in [4.69, 9.17) is 33.4 Å². The van der Waals surface area contributed by atoms with Gasteiger partial charge in [0.2, 0.25) is 5.89 Å². The van der Waals surface area contributed by atoms with Crippen LogP contribution in [0.25, 0.3) is 22.6 Å². The van der Waals surface area contributed by atoms with Gasteiger partial charge in [-0.05, 0) is 52.9 Å². The molecule has 0 aliphatic rings. The van der Waals surface area contributed by atoms with Gasteiger partial charge in [-0.2, -0.15) is 0 Å². The van der Waals surface area contributed by atoms with Crippen molar-refractivity contribution in [2.45, 2.75) is 0 Å². The smallest absolute Gasteiger partial charge is 0.229 e. The van der Waals surface area contributed by atoms with Gasteiger partial charge in [0.15, 0.2) is 5.58 Å². The molecule has 2 N–H and O–H groups in total. The minimum absolute atomic E-state index is 0.436. The lowest BCUT2D eigenvalue weighted by atomic mass is 10.2. The van der Waals surface area contributed by atoms with Gasteiger partial charge in [-0.3, -0.25) is 0 Å². The Kier molecular flexibility index (Phi) is 3.32. The second kappa shape index (κ2) is 4.85. The summed E-state index contributed by atoms with van der Waals surface area (Å²) >= 11 is 14.2. The first-order valence-corrected chi connectivity index (χ1v) is 7.19. The molecule has 0 aliphatic heterocycles. The van der Waals surface area contributed by atoms with Crippen molar-refractivity contribution in [2.24, 2.45) is 0 Å². The van der Waals surface area contributed by atoms with Crippen molar-refractivity contribution in [3.63, 3.8) is 0 Å². The standard InChI is InChI=1S/C13H7Cl2IN2O/c14-6-3-9(15)12-11(4-6)18-13(19-12)8-5-7(16)1-2-10(8)17/h1-5H,17H2. The van der Waals surface area contributed by atoms with E-state index < -0.39 is 0 Å². The third-order valence-electron chi connectivity index (χ3n) is 2.66. The molecule has 19 heavy (non-hydrogen) atoms. The van der Waals surface area contributed by atoms with E-state index in [0.717, 1.165) is 9.13 Å². The van der Waals surface area contributed by atoms with Crippen LogP contribution in [0.1, 0.15) is 0 Å². The number of oxazole rings is 1. The largest absolute Gasteiger partial charge is 0.434 e. The Morgan fingerprint density at radius 1 is 1.16 bits per heavy atom. The Morgan fingerprint density at radius 3 is 2.74 bits per heavy atom. The molecular weight excluding hydrogens is 398 g/mol. The van der Waals surface area contributed by atoms with Gasteiger partial charge in [0.05, 0.1) is 10.6 Å². The number of benzene rings is 2. The molecule has 0 saturated heterocycles. The highest BCUT2D eigenvalue weighted by atomic mass is 127. The molecule has 0 aliphatic carbocycles. The van der Waals surface area contributed by atoms with E-state index in [1.807, 2.05) is 18.2 Å². The van der Waals surface area contributed by atoms with Crippen LogP contribution < -0.4 is 5.73 Å². The van der Waals surface area contributed by atoms with Gasteiger partial charge < -0.3 is 10.2 Å². The summed E-state index contributed by atoms with van der Waals surface area (Å²) in [7, 11) is 0. The summed E-state index contributed by atoms with van der Waals surface area (Å²) in [5.41, 5.74) is 8.43. The Labute approximate surface area is 132 Å². The number of rotatable bonds is 1. The Morgan fingerprint density at radius 2 is 1.95 bits per heavy atom. The summed E-state index contributed by atoms with van der Waals surface area (Å²) in [6, 6.07) is 8.99. The average Bonchev–Trinajstić information content (AvgIpc) is 2.76. The average molecular weight is 405 g/mol. The number of nitrogen functional groups attached to an aromatic ring is 1. The highest BCUT2D eigenvalue weighted by Crippen LogP contribution is 2.34. The number of anilines is 1. The van der Waals surface area contributed by atoms with Crippen molar-refractivity contribution in [3.8, 4) is 11.5 Å².